The second-order valence-corrected chi connectivity index (χ2v) is 8.62. The van der Waals surface area contributed by atoms with E-state index >= 15 is 0 Å². The number of carbonyl (C=O) groups is 1. The molecule has 2 aromatic heterocycles. The van der Waals surface area contributed by atoms with E-state index in [1.54, 1.807) is 12.4 Å². The Balaban J connectivity index is 1.47. The first-order valence-corrected chi connectivity index (χ1v) is 10.4. The molecule has 0 unspecified atom stereocenters. The minimum absolute atomic E-state index is 0.212. The number of amides is 1. The Bertz CT molecular complexity index is 763. The highest BCUT2D eigenvalue weighted by Crippen LogP contribution is 2.41. The van der Waals surface area contributed by atoms with Crippen LogP contribution in [0.15, 0.2) is 29.7 Å². The van der Waals surface area contributed by atoms with E-state index in [0.717, 1.165) is 42.5 Å². The zero-order chi connectivity index (χ0) is 18.1. The van der Waals surface area contributed by atoms with Crippen LogP contribution in [-0.4, -0.2) is 49.4 Å². The maximum absolute atomic E-state index is 12.7. The van der Waals surface area contributed by atoms with Gasteiger partial charge in [0.25, 0.3) is 0 Å². The van der Waals surface area contributed by atoms with E-state index in [-0.39, 0.29) is 5.91 Å². The molecule has 0 bridgehead atoms. The van der Waals surface area contributed by atoms with Gasteiger partial charge in [-0.3, -0.25) is 14.3 Å². The molecule has 0 N–H and O–H groups in total. The Hall–Kier alpha value is -1.89. The van der Waals surface area contributed by atoms with Crippen molar-refractivity contribution in [2.75, 3.05) is 18.8 Å². The largest absolute Gasteiger partial charge is 0.341 e. The number of pyridine rings is 1. The van der Waals surface area contributed by atoms with Crippen molar-refractivity contribution in [3.8, 4) is 11.4 Å². The number of aromatic nitrogens is 4. The van der Waals surface area contributed by atoms with Gasteiger partial charge in [-0.1, -0.05) is 25.6 Å². The number of likely N-dealkylation sites (tertiary alicyclic amines) is 1. The molecule has 3 heterocycles. The van der Waals surface area contributed by atoms with Crippen molar-refractivity contribution in [2.45, 2.75) is 44.3 Å². The van der Waals surface area contributed by atoms with Crippen molar-refractivity contribution >= 4 is 17.7 Å². The number of carbonyl (C=O) groups excluding carboxylic acids is 1. The van der Waals surface area contributed by atoms with Crippen LogP contribution in [0.3, 0.4) is 0 Å². The Morgan fingerprint density at radius 3 is 2.50 bits per heavy atom. The molecular formula is C19H25N5OS. The third kappa shape index (κ3) is 3.77. The quantitative estimate of drug-likeness (QED) is 0.755. The zero-order valence-electron chi connectivity index (χ0n) is 15.3. The molecule has 0 radical (unpaired) electrons. The van der Waals surface area contributed by atoms with Gasteiger partial charge in [0.15, 0.2) is 11.0 Å². The Labute approximate surface area is 158 Å². The van der Waals surface area contributed by atoms with Gasteiger partial charge in [0, 0.05) is 37.1 Å². The molecular weight excluding hydrogens is 346 g/mol. The maximum Gasteiger partial charge on any atom is 0.233 e. The van der Waals surface area contributed by atoms with Gasteiger partial charge in [-0.05, 0) is 43.2 Å². The summed E-state index contributed by atoms with van der Waals surface area (Å²) in [4.78, 5) is 18.8. The van der Waals surface area contributed by atoms with Gasteiger partial charge in [0.05, 0.1) is 5.75 Å². The highest BCUT2D eigenvalue weighted by atomic mass is 32.2. The normalized spacial score (nSPS) is 23.2. The number of thioether (sulfide) groups is 1. The molecule has 0 spiro atoms. The molecule has 6 nitrogen and oxygen atoms in total. The van der Waals surface area contributed by atoms with Crippen molar-refractivity contribution in [3.05, 3.63) is 24.5 Å². The first-order valence-electron chi connectivity index (χ1n) is 9.37. The molecule has 4 rings (SSSR count). The Morgan fingerprint density at radius 1 is 1.15 bits per heavy atom. The van der Waals surface area contributed by atoms with E-state index in [4.69, 9.17) is 0 Å². The van der Waals surface area contributed by atoms with Gasteiger partial charge in [0.2, 0.25) is 5.91 Å². The fraction of sp³-hybridized carbons (Fsp3) is 0.579. The molecule has 0 aromatic carbocycles. The first kappa shape index (κ1) is 17.5. The lowest BCUT2D eigenvalue weighted by molar-refractivity contribution is -0.130. The highest BCUT2D eigenvalue weighted by molar-refractivity contribution is 7.99. The molecule has 7 heteroatoms. The van der Waals surface area contributed by atoms with E-state index in [0.29, 0.717) is 23.6 Å². The summed E-state index contributed by atoms with van der Waals surface area (Å²) in [7, 11) is 0. The van der Waals surface area contributed by atoms with Crippen LogP contribution in [0.1, 0.15) is 39.2 Å². The minimum Gasteiger partial charge on any atom is -0.341 e. The molecule has 2 atom stereocenters. The van der Waals surface area contributed by atoms with E-state index in [9.17, 15) is 4.79 Å². The number of hydrogen-bond donors (Lipinski definition) is 0. The second kappa shape index (κ2) is 7.39. The van der Waals surface area contributed by atoms with Crippen LogP contribution >= 0.6 is 11.8 Å². The van der Waals surface area contributed by atoms with E-state index < -0.39 is 0 Å². The molecule has 1 saturated carbocycles. The average molecular weight is 372 g/mol. The van der Waals surface area contributed by atoms with Crippen LogP contribution in [0.25, 0.3) is 11.4 Å². The molecule has 2 fully saturated rings. The molecule has 2 aromatic rings. The van der Waals surface area contributed by atoms with Gasteiger partial charge in [-0.2, -0.15) is 0 Å². The van der Waals surface area contributed by atoms with Crippen molar-refractivity contribution in [1.82, 2.24) is 24.6 Å². The molecule has 1 aliphatic heterocycles. The summed E-state index contributed by atoms with van der Waals surface area (Å²) in [6.07, 6.45) is 7.06. The van der Waals surface area contributed by atoms with Crippen molar-refractivity contribution in [1.29, 1.82) is 0 Å². The van der Waals surface area contributed by atoms with Gasteiger partial charge in [0.1, 0.15) is 0 Å². The molecule has 1 amide bonds. The highest BCUT2D eigenvalue weighted by Gasteiger charge is 2.31. The van der Waals surface area contributed by atoms with Crippen molar-refractivity contribution < 1.29 is 4.79 Å². The van der Waals surface area contributed by atoms with Crippen LogP contribution in [-0.2, 0) is 4.79 Å². The lowest BCUT2D eigenvalue weighted by Gasteiger charge is -2.35. The number of piperidine rings is 1. The van der Waals surface area contributed by atoms with E-state index in [1.807, 2.05) is 17.0 Å². The number of rotatable bonds is 5. The third-order valence-electron chi connectivity index (χ3n) is 5.06. The summed E-state index contributed by atoms with van der Waals surface area (Å²) in [6, 6.07) is 4.37. The van der Waals surface area contributed by atoms with Crippen LogP contribution in [0.2, 0.25) is 0 Å². The number of hydrogen-bond acceptors (Lipinski definition) is 5. The standard InChI is InChI=1S/C19H25N5OS/c1-13-9-14(2)11-23(10-13)17(25)12-26-19-22-21-18(24(19)16-3-4-16)15-5-7-20-8-6-15/h5-8,13-14,16H,3-4,9-12H2,1-2H3/t13-,14+. The maximum atomic E-state index is 12.7. The van der Waals surface area contributed by atoms with Gasteiger partial charge >= 0.3 is 0 Å². The second-order valence-electron chi connectivity index (χ2n) is 7.68. The Morgan fingerprint density at radius 2 is 1.85 bits per heavy atom. The molecule has 26 heavy (non-hydrogen) atoms. The SMILES string of the molecule is C[C@@H]1C[C@H](C)CN(C(=O)CSc2nnc(-c3ccncc3)n2C2CC2)C1. The molecule has 138 valence electrons. The van der Waals surface area contributed by atoms with Crippen LogP contribution in [0.5, 0.6) is 0 Å². The molecule has 2 aliphatic rings. The summed E-state index contributed by atoms with van der Waals surface area (Å²) in [5.41, 5.74) is 1.02. The van der Waals surface area contributed by atoms with Crippen molar-refractivity contribution in [2.24, 2.45) is 11.8 Å². The lowest BCUT2D eigenvalue weighted by Crippen LogP contribution is -2.43. The predicted molar refractivity (Wildman–Crippen MR) is 102 cm³/mol. The summed E-state index contributed by atoms with van der Waals surface area (Å²) in [6.45, 7) is 6.21. The lowest BCUT2D eigenvalue weighted by atomic mass is 9.92. The Kier molecular flexibility index (Phi) is 4.98. The summed E-state index contributed by atoms with van der Waals surface area (Å²) in [5, 5.41) is 9.64. The average Bonchev–Trinajstić information content (AvgIpc) is 3.38. The zero-order valence-corrected chi connectivity index (χ0v) is 16.2. The smallest absolute Gasteiger partial charge is 0.233 e. The topological polar surface area (TPSA) is 63.9 Å². The minimum atomic E-state index is 0.212. The van der Waals surface area contributed by atoms with Gasteiger partial charge in [-0.25, -0.2) is 0 Å². The fourth-order valence-electron chi connectivity index (χ4n) is 3.82. The van der Waals surface area contributed by atoms with Gasteiger partial charge in [-0.15, -0.1) is 10.2 Å². The van der Waals surface area contributed by atoms with E-state index in [2.05, 4.69) is 33.6 Å². The first-order chi connectivity index (χ1) is 12.6. The predicted octanol–water partition coefficient (Wildman–Crippen LogP) is 3.27. The summed E-state index contributed by atoms with van der Waals surface area (Å²) < 4.78 is 2.20. The van der Waals surface area contributed by atoms with Crippen molar-refractivity contribution in [3.63, 3.8) is 0 Å². The fourth-order valence-corrected chi connectivity index (χ4v) is 4.73. The summed E-state index contributed by atoms with van der Waals surface area (Å²) in [5.74, 6) is 2.69. The third-order valence-corrected chi connectivity index (χ3v) is 5.99. The number of nitrogens with zero attached hydrogens (tertiary/aromatic N) is 5. The van der Waals surface area contributed by atoms with Gasteiger partial charge < -0.3 is 4.90 Å². The van der Waals surface area contributed by atoms with E-state index in [1.165, 1.54) is 18.2 Å². The molecule has 1 aliphatic carbocycles. The van der Waals surface area contributed by atoms with Crippen LogP contribution < -0.4 is 0 Å². The van der Waals surface area contributed by atoms with Crippen LogP contribution in [0, 0.1) is 11.8 Å². The monoisotopic (exact) mass is 371 g/mol. The van der Waals surface area contributed by atoms with Crippen LogP contribution in [0.4, 0.5) is 0 Å². The summed E-state index contributed by atoms with van der Waals surface area (Å²) >= 11 is 1.52. The molecule has 1 saturated heterocycles.